The van der Waals surface area contributed by atoms with E-state index in [1.54, 1.807) is 18.5 Å². The van der Waals surface area contributed by atoms with Gasteiger partial charge in [0.15, 0.2) is 0 Å². The van der Waals surface area contributed by atoms with Crippen LogP contribution in [-0.4, -0.2) is 77.8 Å². The molecule has 0 radical (unpaired) electrons. The zero-order valence-electron chi connectivity index (χ0n) is 22.7. The zero-order chi connectivity index (χ0) is 27.0. The standard InChI is InChI=1S/C29H37N7O3/c1-3-12-35-13-8-24(9-14-35)39-29-31-11-7-26(34-29)33-25-20-23(5-4-21(25)2)32-28(37)22-6-10-30-27(19-22)36-15-17-38-18-16-36/h4-7,10-11,19-20,24H,3,8-9,12-18H2,1-2H3,(H,32,37)(H,31,33,34). The molecule has 2 aliphatic heterocycles. The first-order valence-electron chi connectivity index (χ1n) is 13.8. The fraction of sp³-hybridized carbons (Fsp3) is 0.448. The van der Waals surface area contributed by atoms with E-state index in [0.29, 0.717) is 36.3 Å². The summed E-state index contributed by atoms with van der Waals surface area (Å²) in [5, 5.41) is 6.37. The highest BCUT2D eigenvalue weighted by molar-refractivity contribution is 6.05. The topological polar surface area (TPSA) is 105 Å². The molecule has 3 aromatic rings. The maximum absolute atomic E-state index is 13.1. The number of aryl methyl sites for hydroxylation is 1. The van der Waals surface area contributed by atoms with E-state index < -0.39 is 0 Å². The third kappa shape index (κ3) is 7.21. The van der Waals surface area contributed by atoms with Crippen molar-refractivity contribution in [3.05, 3.63) is 59.9 Å². The van der Waals surface area contributed by atoms with Crippen molar-refractivity contribution in [1.29, 1.82) is 0 Å². The van der Waals surface area contributed by atoms with Gasteiger partial charge in [-0.1, -0.05) is 13.0 Å². The molecule has 0 bridgehead atoms. The van der Waals surface area contributed by atoms with Crippen LogP contribution in [0.4, 0.5) is 23.0 Å². The molecule has 39 heavy (non-hydrogen) atoms. The molecule has 10 heteroatoms. The van der Waals surface area contributed by atoms with Gasteiger partial charge in [-0.3, -0.25) is 4.79 Å². The Bertz CT molecular complexity index is 1260. The molecule has 2 N–H and O–H groups in total. The van der Waals surface area contributed by atoms with E-state index in [1.807, 2.05) is 37.3 Å². The van der Waals surface area contributed by atoms with Crippen LogP contribution in [0.2, 0.25) is 0 Å². The van der Waals surface area contributed by atoms with Crippen molar-refractivity contribution >= 4 is 28.9 Å². The van der Waals surface area contributed by atoms with Crippen LogP contribution in [0.15, 0.2) is 48.8 Å². The number of carbonyl (C=O) groups is 1. The predicted molar refractivity (Wildman–Crippen MR) is 152 cm³/mol. The van der Waals surface area contributed by atoms with E-state index >= 15 is 0 Å². The Labute approximate surface area is 229 Å². The largest absolute Gasteiger partial charge is 0.460 e. The minimum absolute atomic E-state index is 0.130. The lowest BCUT2D eigenvalue weighted by Crippen LogP contribution is -2.38. The molecular weight excluding hydrogens is 494 g/mol. The van der Waals surface area contributed by atoms with Crippen molar-refractivity contribution in [1.82, 2.24) is 19.9 Å². The van der Waals surface area contributed by atoms with E-state index in [1.165, 1.54) is 6.42 Å². The van der Waals surface area contributed by atoms with Gasteiger partial charge in [-0.15, -0.1) is 0 Å². The number of morpholine rings is 1. The third-order valence-corrected chi connectivity index (χ3v) is 7.08. The second-order valence-corrected chi connectivity index (χ2v) is 9.99. The number of carbonyl (C=O) groups excluding carboxylic acids is 1. The Kier molecular flexibility index (Phi) is 8.85. The Balaban J connectivity index is 1.22. The highest BCUT2D eigenvalue weighted by Gasteiger charge is 2.21. The highest BCUT2D eigenvalue weighted by atomic mass is 16.5. The van der Waals surface area contributed by atoms with Gasteiger partial charge < -0.3 is 29.9 Å². The molecule has 0 saturated carbocycles. The highest BCUT2D eigenvalue weighted by Crippen LogP contribution is 2.25. The van der Waals surface area contributed by atoms with Crippen LogP contribution < -0.4 is 20.3 Å². The first kappa shape index (κ1) is 26.8. The Hall–Kier alpha value is -3.76. The van der Waals surface area contributed by atoms with Crippen LogP contribution in [0.5, 0.6) is 6.01 Å². The molecule has 2 fully saturated rings. The molecule has 0 aliphatic carbocycles. The van der Waals surface area contributed by atoms with Crippen molar-refractivity contribution < 1.29 is 14.3 Å². The smallest absolute Gasteiger partial charge is 0.318 e. The van der Waals surface area contributed by atoms with Gasteiger partial charge in [0.25, 0.3) is 5.91 Å². The van der Waals surface area contributed by atoms with E-state index in [-0.39, 0.29) is 12.0 Å². The number of nitrogens with zero attached hydrogens (tertiary/aromatic N) is 5. The van der Waals surface area contributed by atoms with Gasteiger partial charge in [-0.25, -0.2) is 9.97 Å². The molecule has 0 spiro atoms. The maximum atomic E-state index is 13.1. The summed E-state index contributed by atoms with van der Waals surface area (Å²) in [5.41, 5.74) is 3.10. The fourth-order valence-electron chi connectivity index (χ4n) is 4.88. The average molecular weight is 532 g/mol. The summed E-state index contributed by atoms with van der Waals surface area (Å²) in [7, 11) is 0. The van der Waals surface area contributed by atoms with Crippen molar-refractivity contribution in [3.8, 4) is 6.01 Å². The summed E-state index contributed by atoms with van der Waals surface area (Å²) in [6.07, 6.45) is 6.64. The molecule has 206 valence electrons. The molecule has 10 nitrogen and oxygen atoms in total. The normalized spacial score (nSPS) is 16.6. The second kappa shape index (κ2) is 12.9. The number of pyridine rings is 1. The van der Waals surface area contributed by atoms with Crippen molar-refractivity contribution in [2.24, 2.45) is 0 Å². The lowest BCUT2D eigenvalue weighted by atomic mass is 10.1. The maximum Gasteiger partial charge on any atom is 0.318 e. The van der Waals surface area contributed by atoms with Gasteiger partial charge in [0, 0.05) is 55.5 Å². The molecule has 5 rings (SSSR count). The molecule has 0 unspecified atom stereocenters. The number of benzene rings is 1. The Morgan fingerprint density at radius 3 is 2.64 bits per heavy atom. The number of rotatable bonds is 9. The summed E-state index contributed by atoms with van der Waals surface area (Å²) >= 11 is 0. The number of likely N-dealkylation sites (tertiary alicyclic amines) is 1. The fourth-order valence-corrected chi connectivity index (χ4v) is 4.88. The van der Waals surface area contributed by atoms with Crippen LogP contribution in [0.3, 0.4) is 0 Å². The third-order valence-electron chi connectivity index (χ3n) is 7.08. The molecule has 0 atom stereocenters. The van der Waals surface area contributed by atoms with Gasteiger partial charge in [0.2, 0.25) is 0 Å². The predicted octanol–water partition coefficient (Wildman–Crippen LogP) is 4.27. The first-order valence-corrected chi connectivity index (χ1v) is 13.8. The van der Waals surface area contributed by atoms with Crippen molar-refractivity contribution in [2.75, 3.05) is 61.5 Å². The minimum atomic E-state index is -0.190. The van der Waals surface area contributed by atoms with Crippen molar-refractivity contribution in [3.63, 3.8) is 0 Å². The molecular formula is C29H37N7O3. The quantitative estimate of drug-likeness (QED) is 0.419. The lowest BCUT2D eigenvalue weighted by molar-refractivity contribution is 0.0930. The zero-order valence-corrected chi connectivity index (χ0v) is 22.7. The van der Waals surface area contributed by atoms with E-state index in [4.69, 9.17) is 9.47 Å². The first-order chi connectivity index (χ1) is 19.1. The summed E-state index contributed by atoms with van der Waals surface area (Å²) in [5.74, 6) is 1.23. The number of aromatic nitrogens is 3. The summed E-state index contributed by atoms with van der Waals surface area (Å²) in [6.45, 7) is 10.3. The number of nitrogens with one attached hydrogen (secondary N) is 2. The van der Waals surface area contributed by atoms with Crippen molar-refractivity contribution in [2.45, 2.75) is 39.2 Å². The van der Waals surface area contributed by atoms with Gasteiger partial charge in [-0.2, -0.15) is 4.98 Å². The molecule has 2 saturated heterocycles. The van der Waals surface area contributed by atoms with E-state index in [9.17, 15) is 4.79 Å². The molecule has 4 heterocycles. The number of hydrogen-bond donors (Lipinski definition) is 2. The molecule has 1 aromatic carbocycles. The monoisotopic (exact) mass is 531 g/mol. The van der Waals surface area contributed by atoms with Crippen LogP contribution in [0.1, 0.15) is 42.1 Å². The molecule has 2 aromatic heterocycles. The molecule has 2 aliphatic rings. The summed E-state index contributed by atoms with van der Waals surface area (Å²) < 4.78 is 11.5. The number of anilines is 4. The minimum Gasteiger partial charge on any atom is -0.460 e. The second-order valence-electron chi connectivity index (χ2n) is 9.99. The van der Waals surface area contributed by atoms with Gasteiger partial charge >= 0.3 is 6.01 Å². The average Bonchev–Trinajstić information content (AvgIpc) is 2.97. The van der Waals surface area contributed by atoms with Crippen LogP contribution in [0.25, 0.3) is 0 Å². The summed E-state index contributed by atoms with van der Waals surface area (Å²) in [6, 6.07) is 11.5. The lowest BCUT2D eigenvalue weighted by Gasteiger charge is -2.31. The molecule has 1 amide bonds. The Morgan fingerprint density at radius 2 is 1.85 bits per heavy atom. The van der Waals surface area contributed by atoms with E-state index in [0.717, 1.165) is 62.6 Å². The van der Waals surface area contributed by atoms with Gasteiger partial charge in [0.05, 0.1) is 13.2 Å². The Morgan fingerprint density at radius 1 is 1.05 bits per heavy atom. The van der Waals surface area contributed by atoms with Gasteiger partial charge in [-0.05, 0) is 68.6 Å². The number of ether oxygens (including phenoxy) is 2. The van der Waals surface area contributed by atoms with Gasteiger partial charge in [0.1, 0.15) is 17.7 Å². The van der Waals surface area contributed by atoms with Crippen LogP contribution in [0, 0.1) is 6.92 Å². The number of hydrogen-bond acceptors (Lipinski definition) is 9. The number of amides is 1. The number of piperidine rings is 1. The van der Waals surface area contributed by atoms with Crippen LogP contribution >= 0.6 is 0 Å². The summed E-state index contributed by atoms with van der Waals surface area (Å²) in [4.78, 5) is 31.0. The SMILES string of the molecule is CCCN1CCC(Oc2nccc(Nc3cc(NC(=O)c4ccnc(N5CCOCC5)c4)ccc3C)n2)CC1. The van der Waals surface area contributed by atoms with E-state index in [2.05, 4.69) is 42.3 Å². The van der Waals surface area contributed by atoms with Crippen LogP contribution in [-0.2, 0) is 4.74 Å².